The summed E-state index contributed by atoms with van der Waals surface area (Å²) in [5.41, 5.74) is 1.60. The molecule has 0 aliphatic heterocycles. The van der Waals surface area contributed by atoms with Crippen molar-refractivity contribution in [2.24, 2.45) is 0 Å². The molecule has 70 valence electrons. The molecule has 1 aromatic heterocycles. The van der Waals surface area contributed by atoms with E-state index in [2.05, 4.69) is 36.8 Å². The molecule has 0 spiro atoms. The van der Waals surface area contributed by atoms with E-state index in [1.54, 1.807) is 0 Å². The van der Waals surface area contributed by atoms with Gasteiger partial charge in [-0.1, -0.05) is 6.92 Å². The van der Waals surface area contributed by atoms with Gasteiger partial charge in [-0.15, -0.1) is 0 Å². The number of rotatable bonds is 1. The van der Waals surface area contributed by atoms with Crippen LogP contribution in [0.2, 0.25) is 0 Å². The second-order valence-corrected chi connectivity index (χ2v) is 4.00. The van der Waals surface area contributed by atoms with Gasteiger partial charge >= 0.3 is 0 Å². The first-order valence-electron chi connectivity index (χ1n) is 3.83. The molecule has 0 unspecified atom stereocenters. The van der Waals surface area contributed by atoms with Crippen molar-refractivity contribution in [2.45, 2.75) is 13.3 Å². The fourth-order valence-corrected chi connectivity index (χ4v) is 2.40. The Balaban J connectivity index is 3.64. The summed E-state index contributed by atoms with van der Waals surface area (Å²) < 4.78 is 0.949. The van der Waals surface area contributed by atoms with Crippen LogP contribution >= 0.6 is 31.9 Å². The third kappa shape index (κ3) is 1.79. The number of hydrogen-bond acceptors (Lipinski definition) is 3. The number of halogens is 2. The van der Waals surface area contributed by atoms with Crippen molar-refractivity contribution in [3.8, 4) is 12.1 Å². The van der Waals surface area contributed by atoms with Gasteiger partial charge in [0, 0.05) is 0 Å². The normalized spacial score (nSPS) is 9.21. The molecule has 0 saturated carbocycles. The van der Waals surface area contributed by atoms with E-state index in [0.717, 1.165) is 5.56 Å². The molecule has 1 aromatic rings. The summed E-state index contributed by atoms with van der Waals surface area (Å²) >= 11 is 6.38. The SMILES string of the molecule is CCc1c(C#N)c(Br)nc(Br)c1C#N. The number of nitriles is 2. The van der Waals surface area contributed by atoms with Gasteiger partial charge in [0.15, 0.2) is 0 Å². The summed E-state index contributed by atoms with van der Waals surface area (Å²) in [5, 5.41) is 17.8. The molecule has 14 heavy (non-hydrogen) atoms. The van der Waals surface area contributed by atoms with E-state index < -0.39 is 0 Å². The highest BCUT2D eigenvalue weighted by Crippen LogP contribution is 2.26. The van der Waals surface area contributed by atoms with Crippen LogP contribution in [0.1, 0.15) is 23.6 Å². The van der Waals surface area contributed by atoms with Gasteiger partial charge in [0.2, 0.25) is 0 Å². The molecule has 0 bridgehead atoms. The smallest absolute Gasteiger partial charge is 0.125 e. The van der Waals surface area contributed by atoms with Crippen molar-refractivity contribution in [1.82, 2.24) is 4.98 Å². The van der Waals surface area contributed by atoms with E-state index in [0.29, 0.717) is 26.8 Å². The molecule has 0 N–H and O–H groups in total. The van der Waals surface area contributed by atoms with E-state index in [-0.39, 0.29) is 0 Å². The number of hydrogen-bond donors (Lipinski definition) is 0. The van der Waals surface area contributed by atoms with Crippen molar-refractivity contribution in [3.63, 3.8) is 0 Å². The van der Waals surface area contributed by atoms with Crippen molar-refractivity contribution >= 4 is 31.9 Å². The van der Waals surface area contributed by atoms with Gasteiger partial charge in [0.05, 0.1) is 11.1 Å². The second kappa shape index (κ2) is 4.54. The predicted octanol–water partition coefficient (Wildman–Crippen LogP) is 2.91. The molecule has 0 aliphatic carbocycles. The lowest BCUT2D eigenvalue weighted by atomic mass is 10.0. The number of nitrogens with zero attached hydrogens (tertiary/aromatic N) is 3. The highest BCUT2D eigenvalue weighted by atomic mass is 79.9. The third-order valence-electron chi connectivity index (χ3n) is 1.79. The maximum atomic E-state index is 8.90. The lowest BCUT2D eigenvalue weighted by Gasteiger charge is -2.06. The Bertz CT molecular complexity index is 416. The molecular formula is C9H5Br2N3. The average Bonchev–Trinajstić information content (AvgIpc) is 2.16. The Morgan fingerprint density at radius 2 is 1.57 bits per heavy atom. The zero-order chi connectivity index (χ0) is 10.7. The molecule has 0 saturated heterocycles. The predicted molar refractivity (Wildman–Crippen MR) is 58.4 cm³/mol. The van der Waals surface area contributed by atoms with Gasteiger partial charge in [0.25, 0.3) is 0 Å². The zero-order valence-corrected chi connectivity index (χ0v) is 10.5. The molecule has 0 amide bonds. The van der Waals surface area contributed by atoms with Crippen LogP contribution in [0.25, 0.3) is 0 Å². The first kappa shape index (κ1) is 11.2. The minimum Gasteiger partial charge on any atom is -0.231 e. The van der Waals surface area contributed by atoms with Crippen LogP contribution in [0.5, 0.6) is 0 Å². The first-order chi connectivity index (χ1) is 6.65. The lowest BCUT2D eigenvalue weighted by Crippen LogP contribution is -1.99. The quantitative estimate of drug-likeness (QED) is 0.749. The fraction of sp³-hybridized carbons (Fsp3) is 0.222. The van der Waals surface area contributed by atoms with Crippen LogP contribution in [0.15, 0.2) is 9.21 Å². The van der Waals surface area contributed by atoms with Gasteiger partial charge < -0.3 is 0 Å². The molecule has 0 aromatic carbocycles. The van der Waals surface area contributed by atoms with Gasteiger partial charge in [-0.2, -0.15) is 10.5 Å². The van der Waals surface area contributed by atoms with Crippen molar-refractivity contribution < 1.29 is 0 Å². The largest absolute Gasteiger partial charge is 0.231 e. The van der Waals surface area contributed by atoms with Gasteiger partial charge in [-0.25, -0.2) is 4.98 Å². The van der Waals surface area contributed by atoms with E-state index >= 15 is 0 Å². The molecule has 0 aliphatic rings. The molecule has 1 heterocycles. The highest BCUT2D eigenvalue weighted by Gasteiger charge is 2.15. The molecule has 0 radical (unpaired) electrons. The van der Waals surface area contributed by atoms with Crippen LogP contribution < -0.4 is 0 Å². The van der Waals surface area contributed by atoms with E-state index in [1.165, 1.54) is 0 Å². The van der Waals surface area contributed by atoms with Crippen LogP contribution in [0, 0.1) is 22.7 Å². The summed E-state index contributed by atoms with van der Waals surface area (Å²) in [6, 6.07) is 4.07. The van der Waals surface area contributed by atoms with Crippen LogP contribution in [0.4, 0.5) is 0 Å². The van der Waals surface area contributed by atoms with E-state index in [9.17, 15) is 0 Å². The molecular weight excluding hydrogens is 310 g/mol. The third-order valence-corrected chi connectivity index (χ3v) is 2.94. The highest BCUT2D eigenvalue weighted by molar-refractivity contribution is 9.11. The van der Waals surface area contributed by atoms with Gasteiger partial charge in [-0.05, 0) is 43.8 Å². The summed E-state index contributed by atoms with van der Waals surface area (Å²) in [6.07, 6.45) is 0.630. The van der Waals surface area contributed by atoms with Crippen molar-refractivity contribution in [2.75, 3.05) is 0 Å². The van der Waals surface area contributed by atoms with Gasteiger partial charge in [0.1, 0.15) is 21.3 Å². The molecule has 0 atom stereocenters. The van der Waals surface area contributed by atoms with E-state index in [1.807, 2.05) is 19.1 Å². The minimum atomic E-state index is 0.437. The Morgan fingerprint density at radius 3 is 1.86 bits per heavy atom. The van der Waals surface area contributed by atoms with Crippen molar-refractivity contribution in [1.29, 1.82) is 10.5 Å². The summed E-state index contributed by atoms with van der Waals surface area (Å²) in [4.78, 5) is 4.01. The topological polar surface area (TPSA) is 60.5 Å². The fourth-order valence-electron chi connectivity index (χ4n) is 1.15. The Kier molecular flexibility index (Phi) is 3.62. The molecule has 5 heteroatoms. The average molecular weight is 315 g/mol. The monoisotopic (exact) mass is 313 g/mol. The second-order valence-electron chi connectivity index (χ2n) is 2.50. The first-order valence-corrected chi connectivity index (χ1v) is 5.42. The number of aromatic nitrogens is 1. The molecule has 1 rings (SSSR count). The Morgan fingerprint density at radius 1 is 1.14 bits per heavy atom. The van der Waals surface area contributed by atoms with Crippen LogP contribution in [0.3, 0.4) is 0 Å². The summed E-state index contributed by atoms with van der Waals surface area (Å²) in [7, 11) is 0. The standard InChI is InChI=1S/C9H5Br2N3/c1-2-5-6(3-12)8(10)14-9(11)7(5)4-13/h2H2,1H3. The maximum Gasteiger partial charge on any atom is 0.125 e. The Hall–Kier alpha value is -0.910. The van der Waals surface area contributed by atoms with Gasteiger partial charge in [-0.3, -0.25) is 0 Å². The van der Waals surface area contributed by atoms with E-state index in [4.69, 9.17) is 10.5 Å². The minimum absolute atomic E-state index is 0.437. The van der Waals surface area contributed by atoms with Crippen LogP contribution in [-0.4, -0.2) is 4.98 Å². The zero-order valence-electron chi connectivity index (χ0n) is 7.30. The molecule has 0 fully saturated rings. The summed E-state index contributed by atoms with van der Waals surface area (Å²) in [5.74, 6) is 0. The van der Waals surface area contributed by atoms with Crippen molar-refractivity contribution in [3.05, 3.63) is 25.9 Å². The Labute approximate surface area is 98.6 Å². The summed E-state index contributed by atoms with van der Waals surface area (Å²) in [6.45, 7) is 1.90. The maximum absolute atomic E-state index is 8.90. The molecule has 3 nitrogen and oxygen atoms in total. The number of pyridine rings is 1. The lowest BCUT2D eigenvalue weighted by molar-refractivity contribution is 1.06. The van der Waals surface area contributed by atoms with Crippen LogP contribution in [-0.2, 0) is 6.42 Å².